The Morgan fingerprint density at radius 1 is 1.23 bits per heavy atom. The average molecular weight is 589 g/mol. The number of anilines is 1. The summed E-state index contributed by atoms with van der Waals surface area (Å²) in [5.41, 5.74) is -1.31. The summed E-state index contributed by atoms with van der Waals surface area (Å²) >= 11 is 7.20. The van der Waals surface area contributed by atoms with Gasteiger partial charge in [-0.1, -0.05) is 23.7 Å². The van der Waals surface area contributed by atoms with Crippen LogP contribution in [0.1, 0.15) is 30.9 Å². The minimum atomic E-state index is -4.83. The predicted molar refractivity (Wildman–Crippen MR) is 140 cm³/mol. The number of nitrogens with zero attached hydrogens (tertiary/aromatic N) is 3. The molecular formula is C25H25ClF4N4O4S. The first-order valence-corrected chi connectivity index (χ1v) is 13.3. The van der Waals surface area contributed by atoms with Gasteiger partial charge in [0.1, 0.15) is 11.6 Å². The van der Waals surface area contributed by atoms with E-state index in [4.69, 9.17) is 11.6 Å². The number of rotatable bonds is 6. The highest BCUT2D eigenvalue weighted by Crippen LogP contribution is 2.45. The number of benzene rings is 2. The molecule has 4 rings (SSSR count). The molecule has 210 valence electrons. The fraction of sp³-hybridized carbons (Fsp3) is 0.400. The zero-order valence-electron chi connectivity index (χ0n) is 20.8. The molecular weight excluding hydrogens is 564 g/mol. The minimum absolute atomic E-state index is 0.000620. The molecule has 1 aliphatic heterocycles. The van der Waals surface area contributed by atoms with Crippen molar-refractivity contribution in [1.29, 1.82) is 0 Å². The lowest BCUT2D eigenvalue weighted by molar-refractivity contribution is -0.137. The molecule has 1 amide bonds. The van der Waals surface area contributed by atoms with Crippen molar-refractivity contribution in [1.82, 2.24) is 14.9 Å². The number of carbonyl (C=O) groups is 1. The number of halogens is 5. The van der Waals surface area contributed by atoms with E-state index in [2.05, 4.69) is 9.97 Å². The average Bonchev–Trinajstić information content (AvgIpc) is 2.84. The summed E-state index contributed by atoms with van der Waals surface area (Å²) in [6, 6.07) is 5.19. The molecule has 3 atom stereocenters. The van der Waals surface area contributed by atoms with Crippen molar-refractivity contribution in [2.75, 3.05) is 30.3 Å². The van der Waals surface area contributed by atoms with Crippen molar-refractivity contribution in [2.45, 2.75) is 42.9 Å². The van der Waals surface area contributed by atoms with E-state index in [1.165, 1.54) is 29.2 Å². The van der Waals surface area contributed by atoms with Crippen molar-refractivity contribution in [2.24, 2.45) is 0 Å². The van der Waals surface area contributed by atoms with Crippen LogP contribution in [-0.2, 0) is 6.18 Å². The van der Waals surface area contributed by atoms with Crippen LogP contribution in [0.4, 0.5) is 28.2 Å². The summed E-state index contributed by atoms with van der Waals surface area (Å²) in [6.07, 6.45) is -5.95. The number of aliphatic hydroxyl groups excluding tert-OH is 1. The second kappa shape index (κ2) is 11.2. The Hall–Kier alpha value is -3.03. The number of nitrogens with one attached hydrogen (secondary N) is 1. The van der Waals surface area contributed by atoms with Crippen molar-refractivity contribution in [3.8, 4) is 0 Å². The fourth-order valence-electron chi connectivity index (χ4n) is 4.85. The number of thioether (sulfide) groups is 1. The van der Waals surface area contributed by atoms with Crippen LogP contribution in [0.25, 0.3) is 10.9 Å². The zero-order chi connectivity index (χ0) is 28.6. The van der Waals surface area contributed by atoms with Gasteiger partial charge in [0.05, 0.1) is 39.7 Å². The third-order valence-corrected chi connectivity index (χ3v) is 8.41. The molecule has 39 heavy (non-hydrogen) atoms. The highest BCUT2D eigenvalue weighted by atomic mass is 35.5. The highest BCUT2D eigenvalue weighted by molar-refractivity contribution is 7.99. The number of alkyl halides is 3. The van der Waals surface area contributed by atoms with Crippen molar-refractivity contribution in [3.05, 3.63) is 62.8 Å². The van der Waals surface area contributed by atoms with Gasteiger partial charge >= 0.3 is 18.0 Å². The maximum Gasteiger partial charge on any atom is 0.417 e. The first-order chi connectivity index (χ1) is 18.3. The molecule has 1 aromatic heterocycles. The number of amides is 1. The summed E-state index contributed by atoms with van der Waals surface area (Å²) in [5, 5.41) is 18.8. The minimum Gasteiger partial charge on any atom is -0.465 e. The molecule has 0 radical (unpaired) electrons. The lowest BCUT2D eigenvalue weighted by atomic mass is 10.0. The van der Waals surface area contributed by atoms with E-state index >= 15 is 0 Å². The lowest BCUT2D eigenvalue weighted by Crippen LogP contribution is -2.58. The number of aliphatic hydroxyl groups is 1. The third-order valence-electron chi connectivity index (χ3n) is 6.64. The number of aromatic nitrogens is 2. The van der Waals surface area contributed by atoms with E-state index in [9.17, 15) is 37.4 Å². The molecule has 0 aliphatic carbocycles. The standard InChI is InChI=1S/C25H25ClF4N4O4S/c1-12-8-33(9-13(2)34(12)24(37)38)22-17-7-18(25(28,29)30)19(26)21(20(17)31-23(36)32-22)39-11-15(10-35)14-3-5-16(27)6-4-14/h3-7,12-13,15,35H,8-11H2,1-2H3,(H,37,38)(H,31,32,36)/t12-,13+,15?. The van der Waals surface area contributed by atoms with Gasteiger partial charge in [0.25, 0.3) is 0 Å². The van der Waals surface area contributed by atoms with E-state index in [0.717, 1.165) is 17.8 Å². The topological polar surface area (TPSA) is 110 Å². The van der Waals surface area contributed by atoms with Gasteiger partial charge in [-0.15, -0.1) is 11.8 Å². The Morgan fingerprint density at radius 2 is 1.85 bits per heavy atom. The van der Waals surface area contributed by atoms with Gasteiger partial charge in [-0.25, -0.2) is 14.0 Å². The maximum atomic E-state index is 14.1. The number of hydrogen-bond acceptors (Lipinski definition) is 6. The Bertz CT molecular complexity index is 1420. The van der Waals surface area contributed by atoms with E-state index in [0.29, 0.717) is 5.56 Å². The monoisotopic (exact) mass is 588 g/mol. The molecule has 2 heterocycles. The van der Waals surface area contributed by atoms with Crippen LogP contribution in [0, 0.1) is 5.82 Å². The number of piperazine rings is 1. The Balaban J connectivity index is 1.82. The summed E-state index contributed by atoms with van der Waals surface area (Å²) in [4.78, 5) is 33.6. The Kier molecular flexibility index (Phi) is 8.33. The van der Waals surface area contributed by atoms with Gasteiger partial charge in [-0.05, 0) is 37.6 Å². The number of H-pyrrole nitrogens is 1. The quantitative estimate of drug-likeness (QED) is 0.269. The maximum absolute atomic E-state index is 14.1. The van der Waals surface area contributed by atoms with Gasteiger partial charge in [0.15, 0.2) is 0 Å². The normalized spacial score (nSPS) is 19.0. The van der Waals surface area contributed by atoms with E-state index in [1.807, 2.05) is 0 Å². The van der Waals surface area contributed by atoms with Gasteiger partial charge < -0.3 is 20.1 Å². The van der Waals surface area contributed by atoms with Crippen LogP contribution in [0.2, 0.25) is 5.02 Å². The lowest BCUT2D eigenvalue weighted by Gasteiger charge is -2.43. The molecule has 3 aromatic rings. The molecule has 8 nitrogen and oxygen atoms in total. The van der Waals surface area contributed by atoms with E-state index in [1.54, 1.807) is 18.7 Å². The van der Waals surface area contributed by atoms with Gasteiger partial charge in [-0.2, -0.15) is 18.2 Å². The number of hydrogen-bond donors (Lipinski definition) is 3. The predicted octanol–water partition coefficient (Wildman–Crippen LogP) is 5.18. The molecule has 2 aromatic carbocycles. The van der Waals surface area contributed by atoms with Crippen molar-refractivity contribution in [3.63, 3.8) is 0 Å². The van der Waals surface area contributed by atoms with Crippen molar-refractivity contribution < 1.29 is 32.6 Å². The molecule has 0 spiro atoms. The van der Waals surface area contributed by atoms with Crippen LogP contribution in [0.3, 0.4) is 0 Å². The summed E-state index contributed by atoms with van der Waals surface area (Å²) in [6.45, 7) is 3.17. The molecule has 1 fully saturated rings. The van der Waals surface area contributed by atoms with Crippen LogP contribution >= 0.6 is 23.4 Å². The molecule has 1 saturated heterocycles. The number of aromatic amines is 1. The molecule has 1 unspecified atom stereocenters. The first kappa shape index (κ1) is 29.0. The Labute approximate surface area is 229 Å². The number of carboxylic acid groups (broad SMARTS) is 1. The third kappa shape index (κ3) is 5.94. The van der Waals surface area contributed by atoms with Crippen LogP contribution < -0.4 is 10.6 Å². The zero-order valence-corrected chi connectivity index (χ0v) is 22.4. The molecule has 3 N–H and O–H groups in total. The highest BCUT2D eigenvalue weighted by Gasteiger charge is 2.38. The molecule has 0 bridgehead atoms. The van der Waals surface area contributed by atoms with E-state index in [-0.39, 0.29) is 47.1 Å². The van der Waals surface area contributed by atoms with Gasteiger partial charge in [-0.3, -0.25) is 4.90 Å². The Morgan fingerprint density at radius 3 is 2.38 bits per heavy atom. The van der Waals surface area contributed by atoms with E-state index < -0.39 is 52.4 Å². The fourth-order valence-corrected chi connectivity index (χ4v) is 6.48. The largest absolute Gasteiger partial charge is 0.465 e. The smallest absolute Gasteiger partial charge is 0.417 e. The number of fused-ring (bicyclic) bond motifs is 1. The first-order valence-electron chi connectivity index (χ1n) is 11.9. The second-order valence-corrected chi connectivity index (χ2v) is 10.8. The SMILES string of the molecule is C[C@@H]1CN(c2nc(=O)[nH]c3c(SCC(CO)c4ccc(F)cc4)c(Cl)c(C(F)(F)F)cc23)C[C@H](C)N1C(=O)O. The van der Waals surface area contributed by atoms with Crippen LogP contribution in [-0.4, -0.2) is 68.7 Å². The molecule has 14 heteroatoms. The summed E-state index contributed by atoms with van der Waals surface area (Å²) in [7, 11) is 0. The summed E-state index contributed by atoms with van der Waals surface area (Å²) in [5.74, 6) is -0.974. The van der Waals surface area contributed by atoms with Crippen LogP contribution in [0.5, 0.6) is 0 Å². The van der Waals surface area contributed by atoms with Crippen molar-refractivity contribution >= 4 is 46.2 Å². The molecule has 0 saturated carbocycles. The molecule has 1 aliphatic rings. The van der Waals surface area contributed by atoms with Gasteiger partial charge in [0.2, 0.25) is 0 Å². The summed E-state index contributed by atoms with van der Waals surface area (Å²) < 4.78 is 55.6. The van der Waals surface area contributed by atoms with Gasteiger partial charge in [0, 0.05) is 30.1 Å². The van der Waals surface area contributed by atoms with Crippen LogP contribution in [0.15, 0.2) is 40.0 Å². The second-order valence-electron chi connectivity index (χ2n) is 9.39.